The molecule has 1 aromatic rings. The Morgan fingerprint density at radius 2 is 1.57 bits per heavy atom. The van der Waals surface area contributed by atoms with E-state index in [4.69, 9.17) is 0 Å². The Bertz CT molecular complexity index is 207. The first-order chi connectivity index (χ1) is 5.33. The van der Waals surface area contributed by atoms with Crippen molar-refractivity contribution >= 4 is 17.4 Å². The maximum atomic E-state index is 2.28. The molecule has 0 aliphatic rings. The average molecular weight is 248 g/mol. The first kappa shape index (κ1) is 19.8. The summed E-state index contributed by atoms with van der Waals surface area (Å²) in [4.78, 5) is 0. The summed E-state index contributed by atoms with van der Waals surface area (Å²) in [7, 11) is 0. The van der Waals surface area contributed by atoms with Gasteiger partial charge in [-0.2, -0.15) is 0 Å². The molecule has 1 atom stereocenters. The van der Waals surface area contributed by atoms with Crippen LogP contribution in [-0.2, 0) is 6.54 Å². The van der Waals surface area contributed by atoms with Crippen molar-refractivity contribution in [2.75, 3.05) is 0 Å². The number of hydrogen-bond donors (Lipinski definition) is 0. The number of pyridine rings is 1. The molecule has 2 radical (unpaired) electrons. The molecule has 0 fully saturated rings. The minimum Gasteiger partial charge on any atom is -1.00 e. The van der Waals surface area contributed by atoms with Gasteiger partial charge in [-0.1, -0.05) is 19.9 Å². The van der Waals surface area contributed by atoms with E-state index >= 15 is 0 Å². The molecular formula is C10H16AlCl2N. The molecule has 14 heavy (non-hydrogen) atoms. The number of hydrogen-bond acceptors (Lipinski definition) is 0. The van der Waals surface area contributed by atoms with Crippen LogP contribution in [0.2, 0.25) is 0 Å². The molecule has 0 spiro atoms. The van der Waals surface area contributed by atoms with Gasteiger partial charge in [-0.25, -0.2) is 4.57 Å². The van der Waals surface area contributed by atoms with Gasteiger partial charge in [0.25, 0.3) is 0 Å². The summed E-state index contributed by atoms with van der Waals surface area (Å²) in [5.74, 6) is 0.780. The van der Waals surface area contributed by atoms with Crippen LogP contribution in [0.4, 0.5) is 0 Å². The van der Waals surface area contributed by atoms with Gasteiger partial charge in [-0.05, 0) is 6.42 Å². The molecule has 0 aliphatic carbocycles. The van der Waals surface area contributed by atoms with Crippen LogP contribution in [0.1, 0.15) is 20.3 Å². The third-order valence-corrected chi connectivity index (χ3v) is 2.00. The van der Waals surface area contributed by atoms with Crippen LogP contribution >= 0.6 is 0 Å². The molecule has 0 saturated heterocycles. The maximum absolute atomic E-state index is 2.28. The van der Waals surface area contributed by atoms with E-state index in [1.54, 1.807) is 0 Å². The van der Waals surface area contributed by atoms with Crippen LogP contribution in [0.3, 0.4) is 0 Å². The second-order valence-corrected chi connectivity index (χ2v) is 3.09. The summed E-state index contributed by atoms with van der Waals surface area (Å²) in [6.45, 7) is 5.64. The number of rotatable bonds is 3. The summed E-state index contributed by atoms with van der Waals surface area (Å²) in [6, 6.07) is 6.19. The Morgan fingerprint density at radius 3 is 2.00 bits per heavy atom. The predicted molar refractivity (Wildman–Crippen MR) is 51.8 cm³/mol. The van der Waals surface area contributed by atoms with Gasteiger partial charge in [0, 0.05) is 18.1 Å². The number of halogens is 2. The molecule has 0 N–H and O–H groups in total. The van der Waals surface area contributed by atoms with Gasteiger partial charge in [-0.15, -0.1) is 0 Å². The smallest absolute Gasteiger partial charge is 1.00 e. The largest absolute Gasteiger partial charge is 1.00 e. The first-order valence-electron chi connectivity index (χ1n) is 4.27. The average Bonchev–Trinajstić information content (AvgIpc) is 2.06. The van der Waals surface area contributed by atoms with Gasteiger partial charge < -0.3 is 24.8 Å². The SMILES string of the molecule is CCC(C)C[n+]1ccccc1.[Al+].[Cl-].[Cl-]. The molecular weight excluding hydrogens is 232 g/mol. The molecule has 1 unspecified atom stereocenters. The molecule has 1 nitrogen and oxygen atoms in total. The monoisotopic (exact) mass is 247 g/mol. The molecule has 1 heterocycles. The molecule has 0 amide bonds. The topological polar surface area (TPSA) is 3.88 Å². The zero-order valence-corrected chi connectivity index (χ0v) is 11.3. The van der Waals surface area contributed by atoms with Gasteiger partial charge >= 0.3 is 17.4 Å². The van der Waals surface area contributed by atoms with Gasteiger partial charge in [0.2, 0.25) is 0 Å². The normalized spacial score (nSPS) is 10.1. The van der Waals surface area contributed by atoms with Crippen LogP contribution < -0.4 is 29.4 Å². The van der Waals surface area contributed by atoms with Crippen molar-refractivity contribution < 1.29 is 29.4 Å². The van der Waals surface area contributed by atoms with E-state index in [2.05, 4.69) is 42.9 Å². The van der Waals surface area contributed by atoms with E-state index in [9.17, 15) is 0 Å². The Morgan fingerprint density at radius 1 is 1.07 bits per heavy atom. The van der Waals surface area contributed by atoms with E-state index in [0.29, 0.717) is 0 Å². The molecule has 0 aliphatic heterocycles. The van der Waals surface area contributed by atoms with Gasteiger partial charge in [0.05, 0.1) is 0 Å². The van der Waals surface area contributed by atoms with Crippen molar-refractivity contribution in [1.82, 2.24) is 0 Å². The van der Waals surface area contributed by atoms with Crippen LogP contribution in [-0.4, -0.2) is 17.4 Å². The molecule has 1 rings (SSSR count). The van der Waals surface area contributed by atoms with Crippen LogP contribution in [0, 0.1) is 5.92 Å². The molecule has 0 aromatic carbocycles. The predicted octanol–water partition coefficient (Wildman–Crippen LogP) is -4.35. The number of aromatic nitrogens is 1. The van der Waals surface area contributed by atoms with E-state index in [1.807, 2.05) is 6.07 Å². The van der Waals surface area contributed by atoms with E-state index in [1.165, 1.54) is 6.42 Å². The zero-order valence-electron chi connectivity index (χ0n) is 8.66. The molecule has 0 saturated carbocycles. The van der Waals surface area contributed by atoms with Crippen LogP contribution in [0.25, 0.3) is 0 Å². The minimum atomic E-state index is 0. The van der Waals surface area contributed by atoms with Crippen molar-refractivity contribution in [2.45, 2.75) is 26.8 Å². The van der Waals surface area contributed by atoms with E-state index in [-0.39, 0.29) is 42.2 Å². The summed E-state index contributed by atoms with van der Waals surface area (Å²) >= 11 is 0. The van der Waals surface area contributed by atoms with Gasteiger partial charge in [0.1, 0.15) is 0 Å². The third-order valence-electron chi connectivity index (χ3n) is 2.00. The Kier molecular flexibility index (Phi) is 16.0. The molecule has 78 valence electrons. The Balaban J connectivity index is -0.000000403. The van der Waals surface area contributed by atoms with Gasteiger partial charge in [0.15, 0.2) is 18.9 Å². The molecule has 4 heteroatoms. The van der Waals surface area contributed by atoms with Crippen molar-refractivity contribution in [2.24, 2.45) is 5.92 Å². The standard InChI is InChI=1S/C10H16N.Al.2ClH/c1-3-10(2)9-11-7-5-4-6-8-11;;;/h4-8,10H,3,9H2,1-2H3;;2*1H/q2*+1;;/p-2. The second kappa shape index (κ2) is 11.3. The Labute approximate surface area is 110 Å². The fraction of sp³-hybridized carbons (Fsp3) is 0.500. The van der Waals surface area contributed by atoms with Crippen LogP contribution in [0.5, 0.6) is 0 Å². The van der Waals surface area contributed by atoms with Crippen LogP contribution in [0.15, 0.2) is 30.6 Å². The fourth-order valence-electron chi connectivity index (χ4n) is 1.05. The quantitative estimate of drug-likeness (QED) is 0.376. The Hall–Kier alpha value is 0.262. The second-order valence-electron chi connectivity index (χ2n) is 3.09. The summed E-state index contributed by atoms with van der Waals surface area (Å²) in [5, 5.41) is 0. The summed E-state index contributed by atoms with van der Waals surface area (Å²) < 4.78 is 2.23. The molecule has 0 bridgehead atoms. The van der Waals surface area contributed by atoms with Gasteiger partial charge in [-0.3, -0.25) is 0 Å². The van der Waals surface area contributed by atoms with Crippen molar-refractivity contribution in [3.63, 3.8) is 0 Å². The molecule has 1 aromatic heterocycles. The maximum Gasteiger partial charge on any atom is 1.00 e. The van der Waals surface area contributed by atoms with Crippen molar-refractivity contribution in [1.29, 1.82) is 0 Å². The van der Waals surface area contributed by atoms with E-state index < -0.39 is 0 Å². The summed E-state index contributed by atoms with van der Waals surface area (Å²) in [6.07, 6.45) is 5.49. The van der Waals surface area contributed by atoms with E-state index in [0.717, 1.165) is 12.5 Å². The third kappa shape index (κ3) is 7.65. The zero-order chi connectivity index (χ0) is 8.10. The number of nitrogens with zero attached hydrogens (tertiary/aromatic N) is 1. The minimum absolute atomic E-state index is 0. The summed E-state index contributed by atoms with van der Waals surface area (Å²) in [5.41, 5.74) is 0. The first-order valence-corrected chi connectivity index (χ1v) is 4.27. The van der Waals surface area contributed by atoms with Crippen molar-refractivity contribution in [3.05, 3.63) is 30.6 Å². The van der Waals surface area contributed by atoms with Crippen molar-refractivity contribution in [3.8, 4) is 0 Å². The fourth-order valence-corrected chi connectivity index (χ4v) is 1.05.